The van der Waals surface area contributed by atoms with E-state index in [0.717, 1.165) is 44.6 Å². The summed E-state index contributed by atoms with van der Waals surface area (Å²) < 4.78 is 10.2. The number of benzene rings is 1. The zero-order chi connectivity index (χ0) is 15.1. The highest BCUT2D eigenvalue weighted by atomic mass is 16.5. The van der Waals surface area contributed by atoms with Gasteiger partial charge in [0, 0.05) is 20.3 Å². The van der Waals surface area contributed by atoms with Gasteiger partial charge < -0.3 is 14.4 Å². The van der Waals surface area contributed by atoms with Crippen LogP contribution < -0.4 is 0 Å². The fraction of sp³-hybridized carbons (Fsp3) is 0.588. The summed E-state index contributed by atoms with van der Waals surface area (Å²) in [6, 6.07) is 9.90. The number of hydrogen-bond acceptors (Lipinski definition) is 4. The van der Waals surface area contributed by atoms with E-state index in [0.29, 0.717) is 5.92 Å². The van der Waals surface area contributed by atoms with Crippen molar-refractivity contribution >= 4 is 5.97 Å². The molecule has 116 valence electrons. The number of rotatable bonds is 6. The minimum Gasteiger partial charge on any atom is -0.469 e. The molecule has 1 aromatic carbocycles. The predicted octanol–water partition coefficient (Wildman–Crippen LogP) is 2.30. The van der Waals surface area contributed by atoms with Gasteiger partial charge in [-0.25, -0.2) is 0 Å². The summed E-state index contributed by atoms with van der Waals surface area (Å²) in [7, 11) is 3.22. The van der Waals surface area contributed by atoms with E-state index in [9.17, 15) is 4.79 Å². The maximum Gasteiger partial charge on any atom is 0.314 e. The number of likely N-dealkylation sites (tertiary alicyclic amines) is 1. The molecule has 1 fully saturated rings. The Bertz CT molecular complexity index is 427. The summed E-state index contributed by atoms with van der Waals surface area (Å²) in [5.74, 6) is 0.301. The van der Waals surface area contributed by atoms with Gasteiger partial charge in [0.1, 0.15) is 0 Å². The first kappa shape index (κ1) is 16.0. The first-order chi connectivity index (χ1) is 10.2. The van der Waals surface area contributed by atoms with Gasteiger partial charge >= 0.3 is 5.97 Å². The molecule has 1 aliphatic rings. The molecule has 21 heavy (non-hydrogen) atoms. The molecule has 1 aromatic rings. The van der Waals surface area contributed by atoms with Gasteiger partial charge in [0.25, 0.3) is 0 Å². The van der Waals surface area contributed by atoms with E-state index < -0.39 is 0 Å². The average Bonchev–Trinajstić information content (AvgIpc) is 2.54. The lowest BCUT2D eigenvalue weighted by molar-refractivity contribution is -0.143. The molecule has 1 aliphatic heterocycles. The maximum atomic E-state index is 12.1. The molecule has 4 nitrogen and oxygen atoms in total. The van der Waals surface area contributed by atoms with Crippen LogP contribution in [0.25, 0.3) is 0 Å². The third-order valence-corrected chi connectivity index (χ3v) is 4.24. The molecule has 2 rings (SSSR count). The second kappa shape index (κ2) is 8.15. The van der Waals surface area contributed by atoms with E-state index in [2.05, 4.69) is 4.90 Å². The lowest BCUT2D eigenvalue weighted by Crippen LogP contribution is -2.39. The molecule has 1 heterocycles. The van der Waals surface area contributed by atoms with E-state index in [1.165, 1.54) is 7.11 Å². The lowest BCUT2D eigenvalue weighted by Gasteiger charge is -2.33. The number of methoxy groups -OCH3 is 2. The number of carbonyl (C=O) groups is 1. The van der Waals surface area contributed by atoms with Crippen LogP contribution in [-0.4, -0.2) is 51.3 Å². The molecule has 0 bridgehead atoms. The van der Waals surface area contributed by atoms with Gasteiger partial charge in [-0.2, -0.15) is 0 Å². The molecule has 0 N–H and O–H groups in total. The van der Waals surface area contributed by atoms with E-state index in [1.807, 2.05) is 30.3 Å². The van der Waals surface area contributed by atoms with Crippen molar-refractivity contribution in [1.29, 1.82) is 0 Å². The molecule has 0 aromatic heterocycles. The lowest BCUT2D eigenvalue weighted by atomic mass is 9.94. The Morgan fingerprint density at radius 1 is 1.24 bits per heavy atom. The van der Waals surface area contributed by atoms with Crippen LogP contribution in [0.1, 0.15) is 24.3 Å². The molecule has 0 aliphatic carbocycles. The summed E-state index contributed by atoms with van der Waals surface area (Å²) in [5, 5.41) is 0. The molecule has 1 atom stereocenters. The highest BCUT2D eigenvalue weighted by Gasteiger charge is 2.27. The highest BCUT2D eigenvalue weighted by Crippen LogP contribution is 2.23. The largest absolute Gasteiger partial charge is 0.469 e. The van der Waals surface area contributed by atoms with Gasteiger partial charge in [0.2, 0.25) is 0 Å². The molecule has 1 unspecified atom stereocenters. The molecule has 4 heteroatoms. The molecular formula is C17H25NO3. The van der Waals surface area contributed by atoms with Crippen LogP contribution in [0.4, 0.5) is 0 Å². The first-order valence-corrected chi connectivity index (χ1v) is 7.58. The normalized spacial score (nSPS) is 18.4. The Balaban J connectivity index is 1.96. The Morgan fingerprint density at radius 3 is 2.48 bits per heavy atom. The van der Waals surface area contributed by atoms with Crippen molar-refractivity contribution < 1.29 is 14.3 Å². The topological polar surface area (TPSA) is 38.8 Å². The summed E-state index contributed by atoms with van der Waals surface area (Å²) >= 11 is 0. The highest BCUT2D eigenvalue weighted by molar-refractivity contribution is 5.78. The monoisotopic (exact) mass is 291 g/mol. The van der Waals surface area contributed by atoms with Gasteiger partial charge in [-0.05, 0) is 37.4 Å². The first-order valence-electron chi connectivity index (χ1n) is 7.58. The third-order valence-electron chi connectivity index (χ3n) is 4.24. The Kier molecular flexibility index (Phi) is 6.21. The van der Waals surface area contributed by atoms with Crippen molar-refractivity contribution in [2.24, 2.45) is 5.92 Å². The summed E-state index contributed by atoms with van der Waals surface area (Å²) in [6.45, 7) is 3.62. The predicted molar refractivity (Wildman–Crippen MR) is 82.2 cm³/mol. The smallest absolute Gasteiger partial charge is 0.314 e. The van der Waals surface area contributed by atoms with Gasteiger partial charge in [-0.3, -0.25) is 4.79 Å². The van der Waals surface area contributed by atoms with E-state index in [-0.39, 0.29) is 11.9 Å². The van der Waals surface area contributed by atoms with Crippen LogP contribution in [-0.2, 0) is 14.3 Å². The molecule has 0 amide bonds. The van der Waals surface area contributed by atoms with Crippen LogP contribution in [0.3, 0.4) is 0 Å². The number of ether oxygens (including phenoxy) is 2. The van der Waals surface area contributed by atoms with Crippen molar-refractivity contribution in [3.63, 3.8) is 0 Å². The van der Waals surface area contributed by atoms with Gasteiger partial charge in [0.05, 0.1) is 13.0 Å². The molecule has 0 spiro atoms. The van der Waals surface area contributed by atoms with Crippen LogP contribution in [0, 0.1) is 5.92 Å². The van der Waals surface area contributed by atoms with Crippen molar-refractivity contribution in [3.8, 4) is 0 Å². The number of esters is 1. The minimum atomic E-state index is -0.199. The van der Waals surface area contributed by atoms with Gasteiger partial charge in [-0.1, -0.05) is 30.3 Å². The number of carbonyl (C=O) groups excluding carboxylic acids is 1. The van der Waals surface area contributed by atoms with Crippen molar-refractivity contribution in [2.75, 3.05) is 40.5 Å². The van der Waals surface area contributed by atoms with Crippen LogP contribution in [0.5, 0.6) is 0 Å². The third kappa shape index (κ3) is 4.55. The molecule has 0 saturated carbocycles. The van der Waals surface area contributed by atoms with Crippen molar-refractivity contribution in [2.45, 2.75) is 18.8 Å². The quantitative estimate of drug-likeness (QED) is 0.754. The van der Waals surface area contributed by atoms with Crippen LogP contribution >= 0.6 is 0 Å². The molecular weight excluding hydrogens is 266 g/mol. The number of piperidine rings is 1. The standard InChI is InChI=1S/C17H25NO3/c1-20-13-14-8-10-18(11-9-14)12-16(17(19)21-2)15-6-4-3-5-7-15/h3-7,14,16H,8-13H2,1-2H3. The van der Waals surface area contributed by atoms with Crippen molar-refractivity contribution in [3.05, 3.63) is 35.9 Å². The summed E-state index contributed by atoms with van der Waals surface area (Å²) in [6.07, 6.45) is 2.27. The zero-order valence-corrected chi connectivity index (χ0v) is 13.0. The van der Waals surface area contributed by atoms with Crippen LogP contribution in [0.2, 0.25) is 0 Å². The molecule has 0 radical (unpaired) electrons. The zero-order valence-electron chi connectivity index (χ0n) is 13.0. The SMILES string of the molecule is COCC1CCN(CC(C(=O)OC)c2ccccc2)CC1. The Hall–Kier alpha value is -1.39. The summed E-state index contributed by atoms with van der Waals surface area (Å²) in [5.41, 5.74) is 1.03. The average molecular weight is 291 g/mol. The van der Waals surface area contributed by atoms with E-state index in [4.69, 9.17) is 9.47 Å². The van der Waals surface area contributed by atoms with E-state index in [1.54, 1.807) is 7.11 Å². The number of nitrogens with zero attached hydrogens (tertiary/aromatic N) is 1. The second-order valence-corrected chi connectivity index (χ2v) is 5.69. The van der Waals surface area contributed by atoms with E-state index >= 15 is 0 Å². The molecule has 1 saturated heterocycles. The van der Waals surface area contributed by atoms with Crippen molar-refractivity contribution in [1.82, 2.24) is 4.90 Å². The maximum absolute atomic E-state index is 12.1. The minimum absolute atomic E-state index is 0.153. The summed E-state index contributed by atoms with van der Waals surface area (Å²) in [4.78, 5) is 14.4. The second-order valence-electron chi connectivity index (χ2n) is 5.69. The fourth-order valence-corrected chi connectivity index (χ4v) is 2.97. The van der Waals surface area contributed by atoms with Crippen LogP contribution in [0.15, 0.2) is 30.3 Å². The Morgan fingerprint density at radius 2 is 1.90 bits per heavy atom. The van der Waals surface area contributed by atoms with Gasteiger partial charge in [0.15, 0.2) is 0 Å². The Labute approximate surface area is 127 Å². The number of hydrogen-bond donors (Lipinski definition) is 0. The van der Waals surface area contributed by atoms with Gasteiger partial charge in [-0.15, -0.1) is 0 Å². The fourth-order valence-electron chi connectivity index (χ4n) is 2.97.